The van der Waals surface area contributed by atoms with Gasteiger partial charge in [-0.05, 0) is 57.0 Å². The molecule has 3 aromatic rings. The minimum absolute atomic E-state index is 0.260. The van der Waals surface area contributed by atoms with E-state index in [0.717, 1.165) is 33.8 Å². The zero-order chi connectivity index (χ0) is 18.7. The summed E-state index contributed by atoms with van der Waals surface area (Å²) in [6.07, 6.45) is 0. The Balaban J connectivity index is 1.85. The van der Waals surface area contributed by atoms with Gasteiger partial charge in [0, 0.05) is 17.1 Å². The normalized spacial score (nSPS) is 10.5. The van der Waals surface area contributed by atoms with Gasteiger partial charge in [-0.1, -0.05) is 35.9 Å². The Morgan fingerprint density at radius 3 is 2.19 bits per heavy atom. The van der Waals surface area contributed by atoms with Crippen molar-refractivity contribution >= 4 is 23.2 Å². The van der Waals surface area contributed by atoms with E-state index in [2.05, 4.69) is 20.6 Å². The van der Waals surface area contributed by atoms with E-state index in [9.17, 15) is 4.79 Å². The lowest BCUT2D eigenvalue weighted by Gasteiger charge is -2.13. The zero-order valence-electron chi connectivity index (χ0n) is 15.4. The highest BCUT2D eigenvalue weighted by molar-refractivity contribution is 6.03. The maximum Gasteiger partial charge on any atom is 0.274 e. The van der Waals surface area contributed by atoms with Gasteiger partial charge in [-0.3, -0.25) is 4.79 Å². The quantitative estimate of drug-likeness (QED) is 0.718. The second-order valence-electron chi connectivity index (χ2n) is 6.43. The molecule has 0 bridgehead atoms. The van der Waals surface area contributed by atoms with Gasteiger partial charge in [0.25, 0.3) is 5.91 Å². The van der Waals surface area contributed by atoms with Crippen LogP contribution in [0.5, 0.6) is 0 Å². The standard InChI is InChI=1S/C21H22N4O/c1-13-8-10-17(11-9-13)23-20(26)18-12-16(4)22-21(24-18)25-19-14(2)6-5-7-15(19)3/h5-12H,1-4H3,(H,23,26)(H,22,24,25). The van der Waals surface area contributed by atoms with Crippen LogP contribution in [0, 0.1) is 27.7 Å². The Bertz CT molecular complexity index is 928. The lowest BCUT2D eigenvalue weighted by Crippen LogP contribution is -2.15. The van der Waals surface area contributed by atoms with Crippen molar-refractivity contribution in [3.63, 3.8) is 0 Å². The number of anilines is 3. The lowest BCUT2D eigenvalue weighted by molar-refractivity contribution is 0.102. The molecule has 0 aliphatic rings. The molecule has 0 aliphatic heterocycles. The molecule has 0 spiro atoms. The number of aryl methyl sites for hydroxylation is 4. The van der Waals surface area contributed by atoms with Crippen molar-refractivity contribution in [3.05, 3.63) is 76.6 Å². The van der Waals surface area contributed by atoms with E-state index < -0.39 is 0 Å². The average Bonchev–Trinajstić information content (AvgIpc) is 2.60. The molecular formula is C21H22N4O. The molecule has 5 nitrogen and oxygen atoms in total. The van der Waals surface area contributed by atoms with Crippen molar-refractivity contribution in [2.24, 2.45) is 0 Å². The van der Waals surface area contributed by atoms with Crippen LogP contribution in [0.2, 0.25) is 0 Å². The Morgan fingerprint density at radius 2 is 1.54 bits per heavy atom. The summed E-state index contributed by atoms with van der Waals surface area (Å²) in [7, 11) is 0. The van der Waals surface area contributed by atoms with Gasteiger partial charge in [0.2, 0.25) is 5.95 Å². The van der Waals surface area contributed by atoms with Crippen molar-refractivity contribution in [2.75, 3.05) is 10.6 Å². The third kappa shape index (κ3) is 4.06. The highest BCUT2D eigenvalue weighted by Gasteiger charge is 2.12. The Hall–Kier alpha value is -3.21. The summed E-state index contributed by atoms with van der Waals surface area (Å²) >= 11 is 0. The topological polar surface area (TPSA) is 66.9 Å². The first-order valence-electron chi connectivity index (χ1n) is 8.49. The van der Waals surface area contributed by atoms with E-state index in [1.165, 1.54) is 0 Å². The summed E-state index contributed by atoms with van der Waals surface area (Å²) in [4.78, 5) is 21.4. The van der Waals surface area contributed by atoms with Gasteiger partial charge in [0.15, 0.2) is 0 Å². The largest absolute Gasteiger partial charge is 0.324 e. The second-order valence-corrected chi connectivity index (χ2v) is 6.43. The predicted molar refractivity (Wildman–Crippen MR) is 105 cm³/mol. The van der Waals surface area contributed by atoms with Crippen LogP contribution in [0.25, 0.3) is 0 Å². The summed E-state index contributed by atoms with van der Waals surface area (Å²) in [6.45, 7) is 7.90. The molecule has 2 N–H and O–H groups in total. The van der Waals surface area contributed by atoms with Crippen LogP contribution < -0.4 is 10.6 Å². The van der Waals surface area contributed by atoms with E-state index in [-0.39, 0.29) is 5.91 Å². The molecule has 0 unspecified atom stereocenters. The fourth-order valence-electron chi connectivity index (χ4n) is 2.70. The van der Waals surface area contributed by atoms with Crippen LogP contribution in [0.1, 0.15) is 32.9 Å². The van der Waals surface area contributed by atoms with Crippen molar-refractivity contribution in [3.8, 4) is 0 Å². The molecule has 132 valence electrons. The monoisotopic (exact) mass is 346 g/mol. The number of carbonyl (C=O) groups excluding carboxylic acids is 1. The number of hydrogen-bond donors (Lipinski definition) is 2. The number of nitrogens with one attached hydrogen (secondary N) is 2. The summed E-state index contributed by atoms with van der Waals surface area (Å²) in [5.41, 5.74) is 6.08. The summed E-state index contributed by atoms with van der Waals surface area (Å²) < 4.78 is 0. The van der Waals surface area contributed by atoms with Gasteiger partial charge in [-0.25, -0.2) is 9.97 Å². The van der Waals surface area contributed by atoms with Crippen LogP contribution in [0.3, 0.4) is 0 Å². The zero-order valence-corrected chi connectivity index (χ0v) is 15.4. The smallest absolute Gasteiger partial charge is 0.274 e. The number of rotatable bonds is 4. The Labute approximate surface area is 153 Å². The summed E-state index contributed by atoms with van der Waals surface area (Å²) in [6, 6.07) is 15.4. The van der Waals surface area contributed by atoms with Crippen molar-refractivity contribution in [2.45, 2.75) is 27.7 Å². The third-order valence-electron chi connectivity index (χ3n) is 4.11. The maximum absolute atomic E-state index is 12.6. The third-order valence-corrected chi connectivity index (χ3v) is 4.11. The van der Waals surface area contributed by atoms with Gasteiger partial charge in [-0.15, -0.1) is 0 Å². The molecule has 0 aliphatic carbocycles. The van der Waals surface area contributed by atoms with Crippen LogP contribution >= 0.6 is 0 Å². The average molecular weight is 346 g/mol. The fraction of sp³-hybridized carbons (Fsp3) is 0.190. The van der Waals surface area contributed by atoms with Crippen LogP contribution in [-0.4, -0.2) is 15.9 Å². The molecule has 0 saturated carbocycles. The molecular weight excluding hydrogens is 324 g/mol. The van der Waals surface area contributed by atoms with E-state index in [0.29, 0.717) is 11.6 Å². The molecule has 0 radical (unpaired) electrons. The molecule has 1 heterocycles. The lowest BCUT2D eigenvalue weighted by atomic mass is 10.1. The van der Waals surface area contributed by atoms with Crippen molar-refractivity contribution in [1.82, 2.24) is 9.97 Å². The first-order valence-corrected chi connectivity index (χ1v) is 8.49. The minimum Gasteiger partial charge on any atom is -0.324 e. The summed E-state index contributed by atoms with van der Waals surface area (Å²) in [5, 5.41) is 6.12. The maximum atomic E-state index is 12.6. The first-order chi connectivity index (χ1) is 12.4. The molecule has 0 saturated heterocycles. The molecule has 0 atom stereocenters. The van der Waals surface area contributed by atoms with Crippen molar-refractivity contribution < 1.29 is 4.79 Å². The van der Waals surface area contributed by atoms with Crippen LogP contribution in [0.4, 0.5) is 17.3 Å². The predicted octanol–water partition coefficient (Wildman–Crippen LogP) is 4.71. The SMILES string of the molecule is Cc1ccc(NC(=O)c2cc(C)nc(Nc3c(C)cccc3C)n2)cc1. The van der Waals surface area contributed by atoms with E-state index in [4.69, 9.17) is 0 Å². The number of hydrogen-bond acceptors (Lipinski definition) is 4. The number of amides is 1. The van der Waals surface area contributed by atoms with Gasteiger partial charge in [0.1, 0.15) is 5.69 Å². The Morgan fingerprint density at radius 1 is 0.885 bits per heavy atom. The van der Waals surface area contributed by atoms with Crippen LogP contribution in [0.15, 0.2) is 48.5 Å². The number of para-hydroxylation sites is 1. The second kappa shape index (κ2) is 7.35. The van der Waals surface area contributed by atoms with Gasteiger partial charge >= 0.3 is 0 Å². The molecule has 1 amide bonds. The van der Waals surface area contributed by atoms with E-state index in [1.54, 1.807) is 6.07 Å². The molecule has 0 fully saturated rings. The summed E-state index contributed by atoms with van der Waals surface area (Å²) in [5.74, 6) is 0.153. The van der Waals surface area contributed by atoms with E-state index in [1.807, 2.05) is 70.2 Å². The molecule has 3 rings (SSSR count). The number of aromatic nitrogens is 2. The number of benzene rings is 2. The van der Waals surface area contributed by atoms with Crippen molar-refractivity contribution in [1.29, 1.82) is 0 Å². The first kappa shape index (κ1) is 17.6. The number of nitrogens with zero attached hydrogens (tertiary/aromatic N) is 2. The fourth-order valence-corrected chi connectivity index (χ4v) is 2.70. The van der Waals surface area contributed by atoms with Gasteiger partial charge in [0.05, 0.1) is 0 Å². The van der Waals surface area contributed by atoms with E-state index >= 15 is 0 Å². The molecule has 5 heteroatoms. The molecule has 1 aromatic heterocycles. The van der Waals surface area contributed by atoms with Gasteiger partial charge < -0.3 is 10.6 Å². The van der Waals surface area contributed by atoms with Gasteiger partial charge in [-0.2, -0.15) is 0 Å². The van der Waals surface area contributed by atoms with Crippen LogP contribution in [-0.2, 0) is 0 Å². The molecule has 2 aromatic carbocycles. The highest BCUT2D eigenvalue weighted by Crippen LogP contribution is 2.23. The number of carbonyl (C=O) groups is 1. The Kier molecular flexibility index (Phi) is 4.98. The highest BCUT2D eigenvalue weighted by atomic mass is 16.1. The molecule has 26 heavy (non-hydrogen) atoms. The minimum atomic E-state index is -0.260.